The first-order valence-corrected chi connectivity index (χ1v) is 24.3. The molecule has 0 fully saturated rings. The molecule has 0 bridgehead atoms. The Balaban J connectivity index is 4.31. The summed E-state index contributed by atoms with van der Waals surface area (Å²) in [5, 5.41) is 0. The Bertz CT molecular complexity index is 841. The first-order chi connectivity index (χ1) is 26.8. The highest BCUT2D eigenvalue weighted by Gasteiger charge is 2.19. The van der Waals surface area contributed by atoms with E-state index < -0.39 is 6.10 Å². The van der Waals surface area contributed by atoms with Crippen LogP contribution in [0.1, 0.15) is 266 Å². The summed E-state index contributed by atoms with van der Waals surface area (Å²) in [4.78, 5) is 37.8. The number of carbonyl (C=O) groups is 3. The second-order valence-electron chi connectivity index (χ2n) is 17.5. The maximum Gasteiger partial charge on any atom is 0.306 e. The topological polar surface area (TPSA) is 78.9 Å². The Hall–Kier alpha value is -1.59. The molecule has 0 aliphatic carbocycles. The lowest BCUT2D eigenvalue weighted by Crippen LogP contribution is -2.30. The second-order valence-corrected chi connectivity index (χ2v) is 17.5. The van der Waals surface area contributed by atoms with Crippen molar-refractivity contribution in [1.29, 1.82) is 0 Å². The van der Waals surface area contributed by atoms with Gasteiger partial charge in [0.2, 0.25) is 0 Å². The van der Waals surface area contributed by atoms with Gasteiger partial charge in [0.05, 0.1) is 0 Å². The van der Waals surface area contributed by atoms with E-state index in [1.54, 1.807) is 0 Å². The van der Waals surface area contributed by atoms with Gasteiger partial charge in [0, 0.05) is 19.3 Å². The Morgan fingerprint density at radius 2 is 0.691 bits per heavy atom. The predicted molar refractivity (Wildman–Crippen MR) is 233 cm³/mol. The number of carbonyl (C=O) groups excluding carboxylic acids is 3. The molecule has 1 unspecified atom stereocenters. The molecule has 0 aromatic heterocycles. The minimum atomic E-state index is -0.761. The van der Waals surface area contributed by atoms with E-state index in [2.05, 4.69) is 34.6 Å². The van der Waals surface area contributed by atoms with Crippen LogP contribution in [0, 0.1) is 11.8 Å². The van der Waals surface area contributed by atoms with Crippen molar-refractivity contribution in [3.63, 3.8) is 0 Å². The Morgan fingerprint density at radius 3 is 1.04 bits per heavy atom. The minimum Gasteiger partial charge on any atom is -0.462 e. The van der Waals surface area contributed by atoms with Crippen LogP contribution in [0.2, 0.25) is 0 Å². The van der Waals surface area contributed by atoms with Gasteiger partial charge in [-0.15, -0.1) is 0 Å². The highest BCUT2D eigenvalue weighted by atomic mass is 16.6. The van der Waals surface area contributed by atoms with Crippen LogP contribution in [-0.2, 0) is 28.6 Å². The highest BCUT2D eigenvalue weighted by molar-refractivity contribution is 5.71. The van der Waals surface area contributed by atoms with Crippen molar-refractivity contribution in [3.05, 3.63) is 0 Å². The number of esters is 3. The molecule has 0 saturated heterocycles. The van der Waals surface area contributed by atoms with Crippen molar-refractivity contribution in [2.45, 2.75) is 272 Å². The van der Waals surface area contributed by atoms with Crippen LogP contribution in [0.4, 0.5) is 0 Å². The number of ether oxygens (including phenoxy) is 3. The molecule has 0 radical (unpaired) electrons. The summed E-state index contributed by atoms with van der Waals surface area (Å²) in [6.07, 6.45) is 40.8. The number of rotatable bonds is 43. The molecule has 0 spiro atoms. The van der Waals surface area contributed by atoms with Crippen molar-refractivity contribution < 1.29 is 28.6 Å². The van der Waals surface area contributed by atoms with E-state index in [1.165, 1.54) is 154 Å². The second kappa shape index (κ2) is 42.0. The molecule has 55 heavy (non-hydrogen) atoms. The lowest BCUT2D eigenvalue weighted by atomic mass is 9.99. The van der Waals surface area contributed by atoms with E-state index in [1.807, 2.05) is 0 Å². The van der Waals surface area contributed by atoms with Gasteiger partial charge in [0.25, 0.3) is 0 Å². The quantitative estimate of drug-likeness (QED) is 0.0348. The number of hydrogen-bond donors (Lipinski definition) is 0. The van der Waals surface area contributed by atoms with Crippen LogP contribution >= 0.6 is 0 Å². The summed E-state index contributed by atoms with van der Waals surface area (Å²) in [6, 6.07) is 0. The molecule has 0 aromatic carbocycles. The average molecular weight is 779 g/mol. The van der Waals surface area contributed by atoms with Crippen LogP contribution in [0.25, 0.3) is 0 Å². The van der Waals surface area contributed by atoms with E-state index in [-0.39, 0.29) is 31.1 Å². The zero-order chi connectivity index (χ0) is 40.5. The molecule has 6 heteroatoms. The zero-order valence-electron chi connectivity index (χ0n) is 37.6. The minimum absolute atomic E-state index is 0.0649. The Morgan fingerprint density at radius 1 is 0.382 bits per heavy atom. The van der Waals surface area contributed by atoms with Gasteiger partial charge in [0.15, 0.2) is 6.10 Å². The van der Waals surface area contributed by atoms with E-state index in [4.69, 9.17) is 14.2 Å². The summed E-state index contributed by atoms with van der Waals surface area (Å²) < 4.78 is 16.7. The van der Waals surface area contributed by atoms with Crippen molar-refractivity contribution >= 4 is 17.9 Å². The third kappa shape index (κ3) is 41.9. The fourth-order valence-corrected chi connectivity index (χ4v) is 7.25. The van der Waals surface area contributed by atoms with E-state index in [0.29, 0.717) is 19.3 Å². The van der Waals surface area contributed by atoms with Crippen LogP contribution in [0.15, 0.2) is 0 Å². The molecular formula is C49H94O6. The van der Waals surface area contributed by atoms with E-state index in [9.17, 15) is 14.4 Å². The molecule has 0 amide bonds. The number of hydrogen-bond acceptors (Lipinski definition) is 6. The summed E-state index contributed by atoms with van der Waals surface area (Å²) in [5.41, 5.74) is 0. The van der Waals surface area contributed by atoms with Gasteiger partial charge in [-0.05, 0) is 31.1 Å². The van der Waals surface area contributed by atoms with Gasteiger partial charge in [-0.25, -0.2) is 0 Å². The van der Waals surface area contributed by atoms with Crippen molar-refractivity contribution in [2.75, 3.05) is 13.2 Å². The lowest BCUT2D eigenvalue weighted by molar-refractivity contribution is -0.167. The molecule has 0 aliphatic rings. The molecule has 0 aliphatic heterocycles. The van der Waals surface area contributed by atoms with Gasteiger partial charge in [0.1, 0.15) is 13.2 Å². The normalized spacial score (nSPS) is 12.5. The van der Waals surface area contributed by atoms with Crippen LogP contribution in [0.3, 0.4) is 0 Å². The largest absolute Gasteiger partial charge is 0.462 e. The van der Waals surface area contributed by atoms with Gasteiger partial charge < -0.3 is 14.2 Å². The van der Waals surface area contributed by atoms with Crippen molar-refractivity contribution in [2.24, 2.45) is 11.8 Å². The van der Waals surface area contributed by atoms with Crippen LogP contribution < -0.4 is 0 Å². The lowest BCUT2D eigenvalue weighted by Gasteiger charge is -2.18. The molecule has 326 valence electrons. The first-order valence-electron chi connectivity index (χ1n) is 24.3. The summed E-state index contributed by atoms with van der Waals surface area (Å²) >= 11 is 0. The molecular weight excluding hydrogens is 685 g/mol. The molecule has 0 N–H and O–H groups in total. The average Bonchev–Trinajstić information content (AvgIpc) is 3.17. The maximum absolute atomic E-state index is 12.7. The smallest absolute Gasteiger partial charge is 0.306 e. The fraction of sp³-hybridized carbons (Fsp3) is 0.939. The SMILES string of the molecule is CCCCCCCCCCCCCCCC(=O)OC[C@@H](COC(=O)CCCCCCCCCCCCC(C)CC)OC(=O)CCCCCCCCCC(C)C. The molecule has 2 atom stereocenters. The fourth-order valence-electron chi connectivity index (χ4n) is 7.25. The summed E-state index contributed by atoms with van der Waals surface area (Å²) in [6.45, 7) is 11.3. The van der Waals surface area contributed by atoms with Gasteiger partial charge in [-0.2, -0.15) is 0 Å². The van der Waals surface area contributed by atoms with E-state index in [0.717, 1.165) is 69.6 Å². The molecule has 6 nitrogen and oxygen atoms in total. The van der Waals surface area contributed by atoms with E-state index >= 15 is 0 Å². The monoisotopic (exact) mass is 779 g/mol. The van der Waals surface area contributed by atoms with Gasteiger partial charge >= 0.3 is 17.9 Å². The third-order valence-corrected chi connectivity index (χ3v) is 11.3. The maximum atomic E-state index is 12.7. The summed E-state index contributed by atoms with van der Waals surface area (Å²) in [5.74, 6) is 0.791. The zero-order valence-corrected chi connectivity index (χ0v) is 37.6. The van der Waals surface area contributed by atoms with Crippen molar-refractivity contribution in [3.8, 4) is 0 Å². The highest BCUT2D eigenvalue weighted by Crippen LogP contribution is 2.17. The standard InChI is InChI=1S/C49H94O6/c1-6-8-9-10-11-12-13-14-15-19-24-29-34-39-47(50)53-42-46(55-49(52)41-36-31-26-21-22-27-32-37-44(3)4)43-54-48(51)40-35-30-25-20-17-16-18-23-28-33-38-45(5)7-2/h44-46H,6-43H2,1-5H3/t45?,46-/m0/s1. The van der Waals surface area contributed by atoms with Crippen molar-refractivity contribution in [1.82, 2.24) is 0 Å². The Labute approximate surface area is 342 Å². The first kappa shape index (κ1) is 53.4. The van der Waals surface area contributed by atoms with Gasteiger partial charge in [-0.1, -0.05) is 227 Å². The van der Waals surface area contributed by atoms with Crippen LogP contribution in [0.5, 0.6) is 0 Å². The number of unbranched alkanes of at least 4 members (excludes halogenated alkanes) is 27. The Kier molecular flexibility index (Phi) is 40.8. The molecule has 0 saturated carbocycles. The summed E-state index contributed by atoms with van der Waals surface area (Å²) in [7, 11) is 0. The third-order valence-electron chi connectivity index (χ3n) is 11.3. The molecule has 0 rings (SSSR count). The van der Waals surface area contributed by atoms with Crippen LogP contribution in [-0.4, -0.2) is 37.2 Å². The predicted octanol–water partition coefficient (Wildman–Crippen LogP) is 15.4. The molecule has 0 aromatic rings. The van der Waals surface area contributed by atoms with Gasteiger partial charge in [-0.3, -0.25) is 14.4 Å². The molecule has 0 heterocycles.